The molecule has 1 aromatic heterocycles. The maximum Gasteiger partial charge on any atom is 0.267 e. The molecule has 1 fully saturated rings. The summed E-state index contributed by atoms with van der Waals surface area (Å²) in [5.74, 6) is -0.803. The Morgan fingerprint density at radius 3 is 2.50 bits per heavy atom. The molecule has 0 atom stereocenters. The van der Waals surface area contributed by atoms with E-state index in [1.165, 1.54) is 18.2 Å². The molecule has 3 aromatic rings. The lowest BCUT2D eigenvalue weighted by molar-refractivity contribution is 0.0943. The van der Waals surface area contributed by atoms with Crippen LogP contribution in [0.2, 0.25) is 0 Å². The van der Waals surface area contributed by atoms with Crippen LogP contribution >= 0.6 is 0 Å². The van der Waals surface area contributed by atoms with Crippen LogP contribution in [0.3, 0.4) is 0 Å². The van der Waals surface area contributed by atoms with E-state index in [1.807, 2.05) is 0 Å². The molecule has 0 bridgehead atoms. The number of rotatable bonds is 5. The van der Waals surface area contributed by atoms with Gasteiger partial charge in [-0.2, -0.15) is 0 Å². The molecule has 1 aliphatic heterocycles. The van der Waals surface area contributed by atoms with Crippen LogP contribution < -0.4 is 10.2 Å². The highest BCUT2D eigenvalue weighted by Gasteiger charge is 2.17. The van der Waals surface area contributed by atoms with E-state index < -0.39 is 0 Å². The fourth-order valence-electron chi connectivity index (χ4n) is 3.54. The van der Waals surface area contributed by atoms with Crippen LogP contribution in [0.15, 0.2) is 48.5 Å². The van der Waals surface area contributed by atoms with E-state index in [4.69, 9.17) is 0 Å². The first kappa shape index (κ1) is 18.4. The van der Waals surface area contributed by atoms with Crippen molar-refractivity contribution in [2.75, 3.05) is 44.2 Å². The second kappa shape index (κ2) is 7.98. The summed E-state index contributed by atoms with van der Waals surface area (Å²) in [5, 5.41) is 3.31. The minimum absolute atomic E-state index is 0.226. The summed E-state index contributed by atoms with van der Waals surface area (Å²) in [6.45, 7) is 4.75. The highest BCUT2D eigenvalue weighted by Crippen LogP contribution is 2.19. The number of fused-ring (bicyclic) bond motifs is 1. The van der Waals surface area contributed by atoms with Crippen LogP contribution in [-0.2, 0) is 0 Å². The molecule has 2 N–H and O–H groups in total. The van der Waals surface area contributed by atoms with E-state index >= 15 is 0 Å². The van der Waals surface area contributed by atoms with Crippen LogP contribution in [0.4, 0.5) is 14.5 Å². The molecule has 2 aromatic carbocycles. The number of nitrogens with zero attached hydrogens (tertiary/aromatic N) is 2. The predicted molar refractivity (Wildman–Crippen MR) is 106 cm³/mol. The Labute approximate surface area is 161 Å². The first-order chi connectivity index (χ1) is 13.6. The third-order valence-electron chi connectivity index (χ3n) is 5.13. The Hall–Kier alpha value is -2.93. The van der Waals surface area contributed by atoms with Gasteiger partial charge in [-0.25, -0.2) is 8.78 Å². The van der Waals surface area contributed by atoms with E-state index in [1.54, 1.807) is 30.3 Å². The number of hydrogen-bond donors (Lipinski definition) is 2. The number of amides is 1. The highest BCUT2D eigenvalue weighted by molar-refractivity contribution is 5.98. The van der Waals surface area contributed by atoms with Gasteiger partial charge in [0.2, 0.25) is 0 Å². The predicted octanol–water partition coefficient (Wildman–Crippen LogP) is 3.00. The lowest BCUT2D eigenvalue weighted by Crippen LogP contribution is -2.48. The third-order valence-corrected chi connectivity index (χ3v) is 5.13. The quantitative estimate of drug-likeness (QED) is 0.711. The number of carbonyl (C=O) groups is 1. The van der Waals surface area contributed by atoms with Crippen molar-refractivity contribution in [3.63, 3.8) is 0 Å². The number of hydrogen-bond acceptors (Lipinski definition) is 3. The number of halogens is 2. The average Bonchev–Trinajstić information content (AvgIpc) is 3.15. The lowest BCUT2D eigenvalue weighted by atomic mass is 10.2. The van der Waals surface area contributed by atoms with Gasteiger partial charge in [0.05, 0.1) is 0 Å². The van der Waals surface area contributed by atoms with Crippen molar-refractivity contribution in [1.82, 2.24) is 15.2 Å². The topological polar surface area (TPSA) is 51.4 Å². The smallest absolute Gasteiger partial charge is 0.267 e. The van der Waals surface area contributed by atoms with E-state index in [-0.39, 0.29) is 17.5 Å². The third kappa shape index (κ3) is 3.99. The van der Waals surface area contributed by atoms with E-state index in [0.29, 0.717) is 23.1 Å². The second-order valence-corrected chi connectivity index (χ2v) is 6.95. The number of aromatic nitrogens is 1. The molecule has 2 heterocycles. The molecular weight excluding hydrogens is 362 g/mol. The Balaban J connectivity index is 1.24. The highest BCUT2D eigenvalue weighted by atomic mass is 19.1. The molecule has 28 heavy (non-hydrogen) atoms. The summed E-state index contributed by atoms with van der Waals surface area (Å²) >= 11 is 0. The van der Waals surface area contributed by atoms with Gasteiger partial charge in [0, 0.05) is 55.9 Å². The van der Waals surface area contributed by atoms with E-state index in [0.717, 1.165) is 38.4 Å². The fourth-order valence-corrected chi connectivity index (χ4v) is 3.54. The van der Waals surface area contributed by atoms with Gasteiger partial charge >= 0.3 is 0 Å². The summed E-state index contributed by atoms with van der Waals surface area (Å²) in [6.07, 6.45) is 0. The number of anilines is 1. The van der Waals surface area contributed by atoms with Gasteiger partial charge in [-0.3, -0.25) is 9.69 Å². The van der Waals surface area contributed by atoms with Gasteiger partial charge in [0.25, 0.3) is 5.91 Å². The number of benzene rings is 2. The number of piperazine rings is 1. The van der Waals surface area contributed by atoms with Crippen LogP contribution in [-0.4, -0.2) is 55.1 Å². The molecule has 7 heteroatoms. The molecule has 0 spiro atoms. The van der Waals surface area contributed by atoms with Gasteiger partial charge in [0.1, 0.15) is 17.3 Å². The van der Waals surface area contributed by atoms with E-state index in [2.05, 4.69) is 20.1 Å². The minimum Gasteiger partial charge on any atom is -0.369 e. The zero-order valence-electron chi connectivity index (χ0n) is 15.4. The minimum atomic E-state index is -0.341. The second-order valence-electron chi connectivity index (χ2n) is 6.95. The van der Waals surface area contributed by atoms with Crippen molar-refractivity contribution < 1.29 is 13.6 Å². The summed E-state index contributed by atoms with van der Waals surface area (Å²) < 4.78 is 26.8. The standard InChI is InChI=1S/C21H22F2N4O/c22-15-4-6-16(7-5-15)27-12-10-26(11-13-27)9-8-24-21(28)20-14-17-18(23)2-1-3-19(17)25-20/h1-7,14,25H,8-13H2,(H,24,28). The molecule has 5 nitrogen and oxygen atoms in total. The normalized spacial score (nSPS) is 15.1. The zero-order chi connectivity index (χ0) is 19.5. The molecule has 0 radical (unpaired) electrons. The van der Waals surface area contributed by atoms with E-state index in [9.17, 15) is 13.6 Å². The maximum absolute atomic E-state index is 13.8. The fraction of sp³-hybridized carbons (Fsp3) is 0.286. The molecule has 1 saturated heterocycles. The van der Waals surface area contributed by atoms with Gasteiger partial charge in [-0.15, -0.1) is 0 Å². The maximum atomic E-state index is 13.8. The van der Waals surface area contributed by atoms with Crippen molar-refractivity contribution in [1.29, 1.82) is 0 Å². The molecule has 146 valence electrons. The molecular formula is C21H22F2N4O. The Kier molecular flexibility index (Phi) is 5.25. The van der Waals surface area contributed by atoms with Gasteiger partial charge in [-0.05, 0) is 42.5 Å². The number of carbonyl (C=O) groups excluding carboxylic acids is 1. The van der Waals surface area contributed by atoms with Crippen molar-refractivity contribution >= 4 is 22.5 Å². The summed E-state index contributed by atoms with van der Waals surface area (Å²) in [5.41, 5.74) is 2.00. The Morgan fingerprint density at radius 1 is 1.04 bits per heavy atom. The van der Waals surface area contributed by atoms with Crippen LogP contribution in [0.5, 0.6) is 0 Å². The molecule has 0 saturated carbocycles. The van der Waals surface area contributed by atoms with Crippen molar-refractivity contribution in [3.05, 3.63) is 65.9 Å². The number of H-pyrrole nitrogens is 1. The van der Waals surface area contributed by atoms with Crippen molar-refractivity contribution in [3.8, 4) is 0 Å². The molecule has 0 aliphatic carbocycles. The van der Waals surface area contributed by atoms with Crippen molar-refractivity contribution in [2.45, 2.75) is 0 Å². The van der Waals surface area contributed by atoms with Crippen LogP contribution in [0, 0.1) is 11.6 Å². The summed E-state index contributed by atoms with van der Waals surface area (Å²) in [7, 11) is 0. The Bertz CT molecular complexity index is 962. The first-order valence-electron chi connectivity index (χ1n) is 9.38. The molecule has 0 unspecified atom stereocenters. The monoisotopic (exact) mass is 384 g/mol. The number of nitrogens with one attached hydrogen (secondary N) is 2. The van der Waals surface area contributed by atoms with Gasteiger partial charge < -0.3 is 15.2 Å². The zero-order valence-corrected chi connectivity index (χ0v) is 15.4. The molecule has 1 amide bonds. The summed E-state index contributed by atoms with van der Waals surface area (Å²) in [6, 6.07) is 12.8. The molecule has 4 rings (SSSR count). The number of aromatic amines is 1. The molecule has 1 aliphatic rings. The Morgan fingerprint density at radius 2 is 1.79 bits per heavy atom. The van der Waals surface area contributed by atoms with Crippen LogP contribution in [0.1, 0.15) is 10.5 Å². The SMILES string of the molecule is O=C(NCCN1CCN(c2ccc(F)cc2)CC1)c1cc2c(F)cccc2[nH]1. The van der Waals surface area contributed by atoms with Gasteiger partial charge in [0.15, 0.2) is 0 Å². The first-order valence-corrected chi connectivity index (χ1v) is 9.38. The van der Waals surface area contributed by atoms with Crippen LogP contribution in [0.25, 0.3) is 10.9 Å². The summed E-state index contributed by atoms with van der Waals surface area (Å²) in [4.78, 5) is 19.8. The van der Waals surface area contributed by atoms with Gasteiger partial charge in [-0.1, -0.05) is 6.07 Å². The van der Waals surface area contributed by atoms with Crippen molar-refractivity contribution in [2.24, 2.45) is 0 Å². The lowest BCUT2D eigenvalue weighted by Gasteiger charge is -2.36. The largest absolute Gasteiger partial charge is 0.369 e. The average molecular weight is 384 g/mol.